The van der Waals surface area contributed by atoms with E-state index in [0.29, 0.717) is 12.0 Å². The summed E-state index contributed by atoms with van der Waals surface area (Å²) in [4.78, 5) is 11.5. The van der Waals surface area contributed by atoms with Crippen molar-refractivity contribution in [3.05, 3.63) is 0 Å². The second-order valence-corrected chi connectivity index (χ2v) is 4.77. The molecule has 1 unspecified atom stereocenters. The molecule has 1 heterocycles. The van der Waals surface area contributed by atoms with E-state index < -0.39 is 0 Å². The van der Waals surface area contributed by atoms with Crippen LogP contribution in [0, 0.1) is 5.92 Å². The summed E-state index contributed by atoms with van der Waals surface area (Å²) in [5.41, 5.74) is 0.0740. The molecule has 2 fully saturated rings. The number of nitrogens with one attached hydrogen (secondary N) is 2. The van der Waals surface area contributed by atoms with Crippen molar-refractivity contribution in [1.29, 1.82) is 0 Å². The highest BCUT2D eigenvalue weighted by molar-refractivity contribution is 5.81. The van der Waals surface area contributed by atoms with E-state index in [0.717, 1.165) is 25.8 Å². The van der Waals surface area contributed by atoms with E-state index in [2.05, 4.69) is 24.5 Å². The lowest BCUT2D eigenvalue weighted by Crippen LogP contribution is -2.51. The molecular weight excluding hydrogens is 164 g/mol. The molecule has 0 aromatic heterocycles. The van der Waals surface area contributed by atoms with E-state index in [1.54, 1.807) is 0 Å². The number of carbonyl (C=O) groups is 1. The predicted octanol–water partition coefficient (Wildman–Crippen LogP) is 0.653. The van der Waals surface area contributed by atoms with E-state index in [-0.39, 0.29) is 11.4 Å². The van der Waals surface area contributed by atoms with Gasteiger partial charge in [0.15, 0.2) is 0 Å². The fraction of sp³-hybridized carbons (Fsp3) is 0.900. The van der Waals surface area contributed by atoms with Crippen molar-refractivity contribution in [1.82, 2.24) is 10.6 Å². The summed E-state index contributed by atoms with van der Waals surface area (Å²) in [6.45, 7) is 5.32. The van der Waals surface area contributed by atoms with Gasteiger partial charge in [-0.2, -0.15) is 0 Å². The second-order valence-electron chi connectivity index (χ2n) is 4.77. The van der Waals surface area contributed by atoms with E-state index >= 15 is 0 Å². The maximum atomic E-state index is 11.5. The molecule has 13 heavy (non-hydrogen) atoms. The van der Waals surface area contributed by atoms with Gasteiger partial charge in [0.1, 0.15) is 0 Å². The molecular formula is C10H18N2O. The first-order valence-corrected chi connectivity index (χ1v) is 5.15. The Hall–Kier alpha value is -0.570. The summed E-state index contributed by atoms with van der Waals surface area (Å²) < 4.78 is 0. The molecule has 1 aliphatic heterocycles. The summed E-state index contributed by atoms with van der Waals surface area (Å²) in [5.74, 6) is 0.596. The Morgan fingerprint density at radius 2 is 2.08 bits per heavy atom. The molecule has 0 spiro atoms. The zero-order valence-corrected chi connectivity index (χ0v) is 8.39. The Labute approximate surface area is 79.3 Å². The number of hydrogen-bond donors (Lipinski definition) is 2. The first-order chi connectivity index (χ1) is 6.09. The standard InChI is InChI=1S/C10H18N2O/c1-10(2)8(5-6-11-10)12-9(13)7-3-4-7/h7-8,11H,3-6H2,1-2H3,(H,12,13). The molecule has 74 valence electrons. The van der Waals surface area contributed by atoms with Crippen molar-refractivity contribution in [3.8, 4) is 0 Å². The van der Waals surface area contributed by atoms with Crippen LogP contribution in [-0.2, 0) is 4.79 Å². The van der Waals surface area contributed by atoms with Crippen LogP contribution >= 0.6 is 0 Å². The smallest absolute Gasteiger partial charge is 0.223 e. The summed E-state index contributed by atoms with van der Waals surface area (Å²) in [7, 11) is 0. The monoisotopic (exact) mass is 182 g/mol. The predicted molar refractivity (Wildman–Crippen MR) is 51.4 cm³/mol. The summed E-state index contributed by atoms with van der Waals surface area (Å²) in [6, 6.07) is 0.320. The molecule has 0 aromatic carbocycles. The molecule has 3 heteroatoms. The molecule has 1 saturated heterocycles. The Bertz CT molecular complexity index is 221. The summed E-state index contributed by atoms with van der Waals surface area (Å²) >= 11 is 0. The van der Waals surface area contributed by atoms with Crippen molar-refractivity contribution in [2.75, 3.05) is 6.54 Å². The van der Waals surface area contributed by atoms with Crippen LogP contribution < -0.4 is 10.6 Å². The number of hydrogen-bond acceptors (Lipinski definition) is 2. The average Bonchev–Trinajstić information content (AvgIpc) is 2.80. The minimum atomic E-state index is 0.0740. The molecule has 2 N–H and O–H groups in total. The van der Waals surface area contributed by atoms with Gasteiger partial charge < -0.3 is 10.6 Å². The van der Waals surface area contributed by atoms with E-state index in [1.807, 2.05) is 0 Å². The molecule has 0 aromatic rings. The van der Waals surface area contributed by atoms with Crippen LogP contribution in [0.25, 0.3) is 0 Å². The van der Waals surface area contributed by atoms with Gasteiger partial charge in [0, 0.05) is 17.5 Å². The summed E-state index contributed by atoms with van der Waals surface area (Å²) in [5, 5.41) is 6.53. The average molecular weight is 182 g/mol. The molecule has 1 atom stereocenters. The quantitative estimate of drug-likeness (QED) is 0.658. The third-order valence-electron chi connectivity index (χ3n) is 3.15. The zero-order valence-electron chi connectivity index (χ0n) is 8.39. The van der Waals surface area contributed by atoms with Crippen LogP contribution in [0.3, 0.4) is 0 Å². The lowest BCUT2D eigenvalue weighted by Gasteiger charge is -2.27. The third kappa shape index (κ3) is 1.85. The highest BCUT2D eigenvalue weighted by atomic mass is 16.2. The van der Waals surface area contributed by atoms with Crippen LogP contribution in [0.4, 0.5) is 0 Å². The topological polar surface area (TPSA) is 41.1 Å². The van der Waals surface area contributed by atoms with Crippen LogP contribution in [0.5, 0.6) is 0 Å². The maximum absolute atomic E-state index is 11.5. The van der Waals surface area contributed by atoms with Crippen LogP contribution in [0.15, 0.2) is 0 Å². The second kappa shape index (κ2) is 2.98. The number of amides is 1. The fourth-order valence-electron chi connectivity index (χ4n) is 1.91. The largest absolute Gasteiger partial charge is 0.351 e. The first kappa shape index (κ1) is 9.00. The Morgan fingerprint density at radius 1 is 1.38 bits per heavy atom. The van der Waals surface area contributed by atoms with Crippen molar-refractivity contribution in [3.63, 3.8) is 0 Å². The number of carbonyl (C=O) groups excluding carboxylic acids is 1. The molecule has 0 radical (unpaired) electrons. The van der Waals surface area contributed by atoms with Crippen molar-refractivity contribution < 1.29 is 4.79 Å². The van der Waals surface area contributed by atoms with Gasteiger partial charge in [-0.05, 0) is 39.7 Å². The molecule has 1 saturated carbocycles. The van der Waals surface area contributed by atoms with Gasteiger partial charge in [-0.3, -0.25) is 4.79 Å². The Morgan fingerprint density at radius 3 is 2.54 bits per heavy atom. The minimum absolute atomic E-state index is 0.0740. The Balaban J connectivity index is 1.89. The molecule has 1 aliphatic carbocycles. The van der Waals surface area contributed by atoms with Gasteiger partial charge in [0.05, 0.1) is 0 Å². The van der Waals surface area contributed by atoms with Gasteiger partial charge in [-0.15, -0.1) is 0 Å². The zero-order chi connectivity index (χ0) is 9.47. The Kier molecular flexibility index (Phi) is 2.06. The third-order valence-corrected chi connectivity index (χ3v) is 3.15. The minimum Gasteiger partial charge on any atom is -0.351 e. The molecule has 2 aliphatic rings. The number of rotatable bonds is 2. The van der Waals surface area contributed by atoms with Crippen LogP contribution in [-0.4, -0.2) is 24.0 Å². The SMILES string of the molecule is CC1(C)NCCC1NC(=O)C1CC1. The highest BCUT2D eigenvalue weighted by Gasteiger charge is 2.38. The molecule has 1 amide bonds. The van der Waals surface area contributed by atoms with E-state index in [9.17, 15) is 4.79 Å². The van der Waals surface area contributed by atoms with Gasteiger partial charge >= 0.3 is 0 Å². The lowest BCUT2D eigenvalue weighted by molar-refractivity contribution is -0.123. The van der Waals surface area contributed by atoms with E-state index in [1.165, 1.54) is 0 Å². The normalized spacial score (nSPS) is 31.7. The molecule has 2 rings (SSSR count). The van der Waals surface area contributed by atoms with Gasteiger partial charge in [0.25, 0.3) is 0 Å². The van der Waals surface area contributed by atoms with Crippen molar-refractivity contribution >= 4 is 5.91 Å². The fourth-order valence-corrected chi connectivity index (χ4v) is 1.91. The van der Waals surface area contributed by atoms with E-state index in [4.69, 9.17) is 0 Å². The van der Waals surface area contributed by atoms with Gasteiger partial charge in [0.2, 0.25) is 5.91 Å². The lowest BCUT2D eigenvalue weighted by atomic mass is 9.97. The first-order valence-electron chi connectivity index (χ1n) is 5.15. The highest BCUT2D eigenvalue weighted by Crippen LogP contribution is 2.30. The van der Waals surface area contributed by atoms with Crippen LogP contribution in [0.1, 0.15) is 33.1 Å². The summed E-state index contributed by atoms with van der Waals surface area (Å²) in [6.07, 6.45) is 3.24. The van der Waals surface area contributed by atoms with Gasteiger partial charge in [-0.1, -0.05) is 0 Å². The maximum Gasteiger partial charge on any atom is 0.223 e. The van der Waals surface area contributed by atoms with Gasteiger partial charge in [-0.25, -0.2) is 0 Å². The van der Waals surface area contributed by atoms with Crippen molar-refractivity contribution in [2.24, 2.45) is 5.92 Å². The molecule has 3 nitrogen and oxygen atoms in total. The van der Waals surface area contributed by atoms with Crippen molar-refractivity contribution in [2.45, 2.75) is 44.7 Å². The molecule has 0 bridgehead atoms. The van der Waals surface area contributed by atoms with Crippen LogP contribution in [0.2, 0.25) is 0 Å².